The monoisotopic (exact) mass is 292 g/mol. The van der Waals surface area contributed by atoms with E-state index in [4.69, 9.17) is 4.74 Å². The molecule has 110 valence electrons. The van der Waals surface area contributed by atoms with Gasteiger partial charge in [-0.3, -0.25) is 9.59 Å². The lowest BCUT2D eigenvalue weighted by atomic mass is 9.99. The predicted octanol–water partition coefficient (Wildman–Crippen LogP) is 3.15. The van der Waals surface area contributed by atoms with Gasteiger partial charge in [0.1, 0.15) is 5.75 Å². The van der Waals surface area contributed by atoms with Crippen LogP contribution in [0, 0.1) is 0 Å². The van der Waals surface area contributed by atoms with Crippen LogP contribution in [0.5, 0.6) is 5.75 Å². The number of hydrogen-bond acceptors (Lipinski definition) is 3. The van der Waals surface area contributed by atoms with E-state index in [-0.39, 0.29) is 18.2 Å². The van der Waals surface area contributed by atoms with E-state index < -0.39 is 0 Å². The summed E-state index contributed by atoms with van der Waals surface area (Å²) in [6.45, 7) is 3.38. The predicted molar refractivity (Wildman–Crippen MR) is 84.4 cm³/mol. The molecule has 2 aromatic carbocycles. The molecule has 0 N–H and O–H groups in total. The third-order valence-corrected chi connectivity index (χ3v) is 3.86. The van der Waals surface area contributed by atoms with Crippen LogP contribution in [0.25, 0.3) is 0 Å². The minimum atomic E-state index is -0.168. The molecule has 1 aliphatic rings. The van der Waals surface area contributed by atoms with Crippen molar-refractivity contribution in [3.8, 4) is 5.75 Å². The molecule has 3 heteroatoms. The number of benzene rings is 2. The van der Waals surface area contributed by atoms with Gasteiger partial charge in [-0.15, -0.1) is 0 Å². The first-order valence-corrected chi connectivity index (χ1v) is 7.22. The van der Waals surface area contributed by atoms with Crippen LogP contribution in [-0.2, 0) is 17.6 Å². The quantitative estimate of drug-likeness (QED) is 0.813. The Morgan fingerprint density at radius 1 is 1.09 bits per heavy atom. The minimum absolute atomic E-state index is 0.0313. The molecule has 0 heterocycles. The molecule has 3 nitrogen and oxygen atoms in total. The average Bonchev–Trinajstić information content (AvgIpc) is 2.70. The second kappa shape index (κ2) is 5.98. The van der Waals surface area contributed by atoms with E-state index in [9.17, 15) is 9.59 Å². The number of fused-ring (bicyclic) bond motifs is 2. The largest absolute Gasteiger partial charge is 0.485 e. The molecule has 0 saturated carbocycles. The Morgan fingerprint density at radius 2 is 1.82 bits per heavy atom. The normalized spacial score (nSPS) is 12.8. The number of ketones is 2. The van der Waals surface area contributed by atoms with Gasteiger partial charge in [0.05, 0.1) is 0 Å². The lowest BCUT2D eigenvalue weighted by molar-refractivity contribution is -0.116. The Kier molecular flexibility index (Phi) is 3.88. The standard InChI is InChI=1S/C19H16O3/c1-2-15(20)12-22-16-9-10-18-14(11-16)8-7-13-5-3-4-6-17(13)19(18)21/h2-6,9-11H,1,7-8,12H2. The van der Waals surface area contributed by atoms with E-state index in [1.54, 1.807) is 12.1 Å². The van der Waals surface area contributed by atoms with Gasteiger partial charge in [-0.2, -0.15) is 0 Å². The summed E-state index contributed by atoms with van der Waals surface area (Å²) >= 11 is 0. The zero-order valence-corrected chi connectivity index (χ0v) is 12.2. The van der Waals surface area contributed by atoms with Crippen molar-refractivity contribution < 1.29 is 14.3 Å². The molecule has 0 bridgehead atoms. The summed E-state index contributed by atoms with van der Waals surface area (Å²) in [6.07, 6.45) is 2.85. The summed E-state index contributed by atoms with van der Waals surface area (Å²) in [4.78, 5) is 23.9. The van der Waals surface area contributed by atoms with Crippen LogP contribution in [0.15, 0.2) is 55.1 Å². The van der Waals surface area contributed by atoms with Gasteiger partial charge in [-0.1, -0.05) is 30.8 Å². The first-order chi connectivity index (χ1) is 10.7. The summed E-state index contributed by atoms with van der Waals surface area (Å²) in [7, 11) is 0. The van der Waals surface area contributed by atoms with Crippen molar-refractivity contribution in [1.82, 2.24) is 0 Å². The van der Waals surface area contributed by atoms with Gasteiger partial charge < -0.3 is 4.74 Å². The average molecular weight is 292 g/mol. The summed E-state index contributed by atoms with van der Waals surface area (Å²) in [5, 5.41) is 0. The highest BCUT2D eigenvalue weighted by molar-refractivity contribution is 6.11. The van der Waals surface area contributed by atoms with E-state index in [0.29, 0.717) is 11.3 Å². The molecule has 0 radical (unpaired) electrons. The van der Waals surface area contributed by atoms with Gasteiger partial charge in [0.2, 0.25) is 0 Å². The fourth-order valence-electron chi connectivity index (χ4n) is 2.68. The van der Waals surface area contributed by atoms with Gasteiger partial charge in [-0.25, -0.2) is 0 Å². The van der Waals surface area contributed by atoms with Crippen molar-refractivity contribution in [2.45, 2.75) is 12.8 Å². The van der Waals surface area contributed by atoms with E-state index in [1.807, 2.05) is 30.3 Å². The first-order valence-electron chi connectivity index (χ1n) is 7.22. The molecule has 0 spiro atoms. The Morgan fingerprint density at radius 3 is 2.64 bits per heavy atom. The van der Waals surface area contributed by atoms with Crippen molar-refractivity contribution in [2.24, 2.45) is 0 Å². The fraction of sp³-hybridized carbons (Fsp3) is 0.158. The van der Waals surface area contributed by atoms with Crippen LogP contribution >= 0.6 is 0 Å². The van der Waals surface area contributed by atoms with Crippen molar-refractivity contribution >= 4 is 11.6 Å². The Labute approximate surface area is 129 Å². The molecule has 0 saturated heterocycles. The fourth-order valence-corrected chi connectivity index (χ4v) is 2.68. The van der Waals surface area contributed by atoms with Crippen molar-refractivity contribution in [3.63, 3.8) is 0 Å². The molecule has 0 unspecified atom stereocenters. The number of ether oxygens (including phenoxy) is 1. The van der Waals surface area contributed by atoms with Crippen LogP contribution in [0.2, 0.25) is 0 Å². The second-order valence-corrected chi connectivity index (χ2v) is 5.26. The molecular weight excluding hydrogens is 276 g/mol. The molecule has 0 atom stereocenters. The topological polar surface area (TPSA) is 43.4 Å². The highest BCUT2D eigenvalue weighted by atomic mass is 16.5. The van der Waals surface area contributed by atoms with E-state index >= 15 is 0 Å². The molecule has 0 fully saturated rings. The van der Waals surface area contributed by atoms with Gasteiger partial charge in [-0.05, 0) is 48.2 Å². The van der Waals surface area contributed by atoms with Crippen LogP contribution in [0.3, 0.4) is 0 Å². The summed E-state index contributed by atoms with van der Waals surface area (Å²) in [5.41, 5.74) is 3.53. The first kappa shape index (κ1) is 14.3. The number of carbonyl (C=O) groups is 2. The van der Waals surface area contributed by atoms with Crippen molar-refractivity contribution in [2.75, 3.05) is 6.61 Å². The van der Waals surface area contributed by atoms with Gasteiger partial charge in [0.25, 0.3) is 0 Å². The molecule has 3 rings (SSSR count). The Balaban J connectivity index is 1.90. The number of aryl methyl sites for hydroxylation is 2. The van der Waals surface area contributed by atoms with Gasteiger partial charge in [0.15, 0.2) is 18.2 Å². The highest BCUT2D eigenvalue weighted by Gasteiger charge is 2.21. The molecule has 0 aliphatic heterocycles. The third kappa shape index (κ3) is 2.70. The lowest BCUT2D eigenvalue weighted by Gasteiger charge is -2.09. The SMILES string of the molecule is C=CC(=O)COc1ccc2c(c1)CCc1ccccc1C2=O. The third-order valence-electron chi connectivity index (χ3n) is 3.86. The highest BCUT2D eigenvalue weighted by Crippen LogP contribution is 2.27. The molecule has 2 aromatic rings. The number of carbonyl (C=O) groups excluding carboxylic acids is 2. The zero-order valence-electron chi connectivity index (χ0n) is 12.2. The van der Waals surface area contributed by atoms with Gasteiger partial charge in [0, 0.05) is 11.1 Å². The van der Waals surface area contributed by atoms with E-state index in [0.717, 1.165) is 29.5 Å². The maximum Gasteiger partial charge on any atom is 0.193 e. The lowest BCUT2D eigenvalue weighted by Crippen LogP contribution is -2.09. The summed E-state index contributed by atoms with van der Waals surface area (Å²) in [5.74, 6) is 0.489. The molecule has 22 heavy (non-hydrogen) atoms. The molecule has 0 aromatic heterocycles. The molecular formula is C19H16O3. The number of hydrogen-bond donors (Lipinski definition) is 0. The molecule has 0 amide bonds. The van der Waals surface area contributed by atoms with E-state index in [1.165, 1.54) is 6.08 Å². The summed E-state index contributed by atoms with van der Waals surface area (Å²) in [6, 6.07) is 13.1. The van der Waals surface area contributed by atoms with Crippen LogP contribution < -0.4 is 4.74 Å². The van der Waals surface area contributed by atoms with Crippen LogP contribution in [-0.4, -0.2) is 18.2 Å². The summed E-state index contributed by atoms with van der Waals surface area (Å²) < 4.78 is 5.45. The Bertz CT molecular complexity index is 759. The second-order valence-electron chi connectivity index (χ2n) is 5.26. The van der Waals surface area contributed by atoms with E-state index in [2.05, 4.69) is 6.58 Å². The Hall–Kier alpha value is -2.68. The van der Waals surface area contributed by atoms with Crippen molar-refractivity contribution in [3.05, 3.63) is 77.4 Å². The van der Waals surface area contributed by atoms with Gasteiger partial charge >= 0.3 is 0 Å². The smallest absolute Gasteiger partial charge is 0.193 e. The van der Waals surface area contributed by atoms with Crippen LogP contribution in [0.1, 0.15) is 27.0 Å². The maximum absolute atomic E-state index is 12.6. The van der Waals surface area contributed by atoms with Crippen LogP contribution in [0.4, 0.5) is 0 Å². The zero-order chi connectivity index (χ0) is 15.5. The molecule has 1 aliphatic carbocycles. The maximum atomic E-state index is 12.6. The van der Waals surface area contributed by atoms with Crippen molar-refractivity contribution in [1.29, 1.82) is 0 Å². The number of rotatable bonds is 4. The minimum Gasteiger partial charge on any atom is -0.485 e.